The van der Waals surface area contributed by atoms with Gasteiger partial charge in [0.25, 0.3) is 0 Å². The minimum atomic E-state index is -2.18. The largest absolute Gasteiger partial charge is 0.760 e. The number of ether oxygens (including phenoxy) is 1. The second-order valence-electron chi connectivity index (χ2n) is 5.67. The molecule has 1 fully saturated rings. The lowest BCUT2D eigenvalue weighted by Gasteiger charge is -2.31. The van der Waals surface area contributed by atoms with Gasteiger partial charge in [-0.1, -0.05) is 25.3 Å². The van der Waals surface area contributed by atoms with E-state index >= 15 is 0 Å². The second-order valence-corrected chi connectivity index (χ2v) is 6.43. The minimum absolute atomic E-state index is 0.446. The molecule has 0 aliphatic heterocycles. The molecule has 120 valence electrons. The molecule has 1 aromatic rings. The van der Waals surface area contributed by atoms with Crippen molar-refractivity contribution in [2.75, 3.05) is 13.2 Å². The number of hydrogen-bond donors (Lipinski definition) is 1. The Bertz CT molecular complexity index is 544. The summed E-state index contributed by atoms with van der Waals surface area (Å²) in [6.07, 6.45) is 5.48. The van der Waals surface area contributed by atoms with Crippen LogP contribution in [-0.2, 0) is 11.3 Å². The molecule has 3 unspecified atom stereocenters. The van der Waals surface area contributed by atoms with Crippen LogP contribution < -0.4 is 9.46 Å². The molecule has 0 bridgehead atoms. The molecule has 1 N–H and O–H groups in total. The summed E-state index contributed by atoms with van der Waals surface area (Å²) in [6.45, 7) is 1.11. The highest BCUT2D eigenvalue weighted by molar-refractivity contribution is 7.77. The maximum absolute atomic E-state index is 10.5. The predicted molar refractivity (Wildman–Crippen MR) is 83.6 cm³/mol. The van der Waals surface area contributed by atoms with Gasteiger partial charge in [-0.15, -0.1) is 0 Å². The molecule has 5 nitrogen and oxygen atoms in total. The van der Waals surface area contributed by atoms with Crippen molar-refractivity contribution in [2.24, 2.45) is 11.8 Å². The molecule has 2 rings (SSSR count). The fourth-order valence-electron chi connectivity index (χ4n) is 3.07. The SMILES string of the molecule is N#Cc1cccc(OCC2CCCCC2CCNS(=O)[O-])c1. The van der Waals surface area contributed by atoms with Crippen LogP contribution in [0, 0.1) is 23.2 Å². The third-order valence-electron chi connectivity index (χ3n) is 4.23. The lowest BCUT2D eigenvalue weighted by atomic mass is 9.78. The smallest absolute Gasteiger partial charge is 0.120 e. The molecule has 0 saturated heterocycles. The lowest BCUT2D eigenvalue weighted by Crippen LogP contribution is -2.29. The Balaban J connectivity index is 1.85. The number of nitriles is 1. The Kier molecular flexibility index (Phi) is 6.84. The van der Waals surface area contributed by atoms with E-state index < -0.39 is 11.3 Å². The summed E-state index contributed by atoms with van der Waals surface area (Å²) in [5.41, 5.74) is 0.597. The molecule has 1 aromatic carbocycles. The van der Waals surface area contributed by atoms with Crippen LogP contribution in [0.15, 0.2) is 24.3 Å². The molecule has 0 amide bonds. The van der Waals surface area contributed by atoms with Crippen molar-refractivity contribution in [3.8, 4) is 11.8 Å². The molecule has 1 aliphatic rings. The molecule has 6 heteroatoms. The Morgan fingerprint density at radius 2 is 2.14 bits per heavy atom. The summed E-state index contributed by atoms with van der Waals surface area (Å²) in [6, 6.07) is 9.29. The van der Waals surface area contributed by atoms with Gasteiger partial charge in [-0.25, -0.2) is 4.72 Å². The van der Waals surface area contributed by atoms with Gasteiger partial charge in [0.1, 0.15) is 5.75 Å². The van der Waals surface area contributed by atoms with Crippen molar-refractivity contribution in [3.63, 3.8) is 0 Å². The first-order valence-electron chi connectivity index (χ1n) is 7.65. The van der Waals surface area contributed by atoms with Gasteiger partial charge in [0, 0.05) is 17.8 Å². The molecule has 0 spiro atoms. The zero-order valence-corrected chi connectivity index (χ0v) is 13.3. The molecule has 0 aromatic heterocycles. The van der Waals surface area contributed by atoms with E-state index in [1.807, 2.05) is 12.1 Å². The van der Waals surface area contributed by atoms with E-state index in [1.165, 1.54) is 12.8 Å². The van der Waals surface area contributed by atoms with Crippen LogP contribution in [0.2, 0.25) is 0 Å². The minimum Gasteiger partial charge on any atom is -0.760 e. The van der Waals surface area contributed by atoms with Crippen molar-refractivity contribution in [1.82, 2.24) is 4.72 Å². The Labute approximate surface area is 134 Å². The number of benzene rings is 1. The van der Waals surface area contributed by atoms with Gasteiger partial charge in [-0.2, -0.15) is 5.26 Å². The van der Waals surface area contributed by atoms with Gasteiger partial charge in [-0.05, 0) is 42.9 Å². The second kappa shape index (κ2) is 8.89. The molecule has 22 heavy (non-hydrogen) atoms. The van der Waals surface area contributed by atoms with E-state index in [1.54, 1.807) is 12.1 Å². The molecular formula is C16H21N2O3S-. The van der Waals surface area contributed by atoms with E-state index in [0.29, 0.717) is 30.6 Å². The average molecular weight is 321 g/mol. The molecule has 0 radical (unpaired) electrons. The summed E-state index contributed by atoms with van der Waals surface area (Å²) >= 11 is -2.18. The number of nitrogens with one attached hydrogen (secondary N) is 1. The van der Waals surface area contributed by atoms with E-state index in [4.69, 9.17) is 10.00 Å². The van der Waals surface area contributed by atoms with Crippen molar-refractivity contribution < 1.29 is 13.5 Å². The van der Waals surface area contributed by atoms with Gasteiger partial charge in [0.2, 0.25) is 0 Å². The predicted octanol–water partition coefficient (Wildman–Crippen LogP) is 2.52. The fourth-order valence-corrected chi connectivity index (χ4v) is 3.35. The van der Waals surface area contributed by atoms with Crippen LogP contribution in [0.3, 0.4) is 0 Å². The van der Waals surface area contributed by atoms with Crippen LogP contribution in [0.4, 0.5) is 0 Å². The Morgan fingerprint density at radius 1 is 1.36 bits per heavy atom. The Morgan fingerprint density at radius 3 is 2.86 bits per heavy atom. The normalized spacial score (nSPS) is 22.7. The summed E-state index contributed by atoms with van der Waals surface area (Å²) in [5.74, 6) is 1.66. The highest BCUT2D eigenvalue weighted by atomic mass is 32.2. The monoisotopic (exact) mass is 321 g/mol. The van der Waals surface area contributed by atoms with Gasteiger partial charge >= 0.3 is 0 Å². The molecule has 3 atom stereocenters. The fraction of sp³-hybridized carbons (Fsp3) is 0.562. The maximum atomic E-state index is 10.5. The van der Waals surface area contributed by atoms with Gasteiger partial charge in [0.05, 0.1) is 18.2 Å². The van der Waals surface area contributed by atoms with Crippen LogP contribution in [0.25, 0.3) is 0 Å². The third kappa shape index (κ3) is 5.41. The summed E-state index contributed by atoms with van der Waals surface area (Å²) in [7, 11) is 0. The van der Waals surface area contributed by atoms with Crippen LogP contribution in [-0.4, -0.2) is 21.9 Å². The van der Waals surface area contributed by atoms with E-state index in [9.17, 15) is 8.76 Å². The van der Waals surface area contributed by atoms with E-state index in [0.717, 1.165) is 25.0 Å². The zero-order chi connectivity index (χ0) is 15.8. The molecule has 0 heterocycles. The van der Waals surface area contributed by atoms with Gasteiger partial charge in [0.15, 0.2) is 0 Å². The first-order chi connectivity index (χ1) is 10.7. The Hall–Kier alpha value is -1.42. The van der Waals surface area contributed by atoms with Crippen LogP contribution in [0.1, 0.15) is 37.7 Å². The van der Waals surface area contributed by atoms with Crippen molar-refractivity contribution in [1.29, 1.82) is 5.26 Å². The average Bonchev–Trinajstić information content (AvgIpc) is 2.54. The third-order valence-corrected chi connectivity index (χ3v) is 4.67. The summed E-state index contributed by atoms with van der Waals surface area (Å²) in [5, 5.41) is 8.90. The van der Waals surface area contributed by atoms with Crippen molar-refractivity contribution in [2.45, 2.75) is 32.1 Å². The number of hydrogen-bond acceptors (Lipinski definition) is 4. The lowest BCUT2D eigenvalue weighted by molar-refractivity contribution is 0.143. The zero-order valence-electron chi connectivity index (χ0n) is 12.5. The van der Waals surface area contributed by atoms with E-state index in [-0.39, 0.29) is 0 Å². The summed E-state index contributed by atoms with van der Waals surface area (Å²) in [4.78, 5) is 0. The van der Waals surface area contributed by atoms with Crippen LogP contribution in [0.5, 0.6) is 5.75 Å². The summed E-state index contributed by atoms with van der Waals surface area (Å²) < 4.78 is 29.4. The quantitative estimate of drug-likeness (QED) is 0.782. The molecule has 1 saturated carbocycles. The molecular weight excluding hydrogens is 300 g/mol. The van der Waals surface area contributed by atoms with E-state index in [2.05, 4.69) is 10.8 Å². The van der Waals surface area contributed by atoms with Gasteiger partial charge in [-0.3, -0.25) is 4.21 Å². The highest BCUT2D eigenvalue weighted by Crippen LogP contribution is 2.32. The first kappa shape index (κ1) is 16.9. The number of nitrogens with zero attached hydrogens (tertiary/aromatic N) is 1. The first-order valence-corrected chi connectivity index (χ1v) is 8.72. The number of rotatable bonds is 7. The maximum Gasteiger partial charge on any atom is 0.120 e. The van der Waals surface area contributed by atoms with Crippen molar-refractivity contribution in [3.05, 3.63) is 29.8 Å². The molecule has 1 aliphatic carbocycles. The highest BCUT2D eigenvalue weighted by Gasteiger charge is 2.25. The van der Waals surface area contributed by atoms with Gasteiger partial charge < -0.3 is 9.29 Å². The standard InChI is InChI=1S/C16H22N2O3S/c17-11-13-4-3-7-16(10-13)21-12-15-6-2-1-5-14(15)8-9-18-22(19)20/h3-4,7,10,14-15,18H,1-2,5-6,8-9,12H2,(H,19,20)/p-1. The van der Waals surface area contributed by atoms with Crippen molar-refractivity contribution >= 4 is 11.3 Å². The van der Waals surface area contributed by atoms with Crippen LogP contribution >= 0.6 is 0 Å². The topological polar surface area (TPSA) is 85.2 Å².